The average Bonchev–Trinajstić information content (AvgIpc) is 2.78. The highest BCUT2D eigenvalue weighted by molar-refractivity contribution is 5.97. The fourth-order valence-electron chi connectivity index (χ4n) is 1.99. The van der Waals surface area contributed by atoms with E-state index in [-0.39, 0.29) is 24.5 Å². The van der Waals surface area contributed by atoms with E-state index in [0.29, 0.717) is 17.1 Å². The fourth-order valence-corrected chi connectivity index (χ4v) is 1.99. The summed E-state index contributed by atoms with van der Waals surface area (Å²) in [7, 11) is 0. The van der Waals surface area contributed by atoms with E-state index in [1.54, 1.807) is 13.0 Å². The van der Waals surface area contributed by atoms with Crippen LogP contribution in [0.4, 0.5) is 0 Å². The van der Waals surface area contributed by atoms with E-state index in [0.717, 1.165) is 0 Å². The first-order valence-electron chi connectivity index (χ1n) is 7.79. The Morgan fingerprint density at radius 1 is 1.35 bits per heavy atom. The zero-order valence-corrected chi connectivity index (χ0v) is 14.7. The summed E-state index contributed by atoms with van der Waals surface area (Å²) in [5, 5.41) is 11.8. The zero-order chi connectivity index (χ0) is 17.8. The van der Waals surface area contributed by atoms with Crippen LogP contribution in [0.15, 0.2) is 10.5 Å². The second-order valence-electron chi connectivity index (χ2n) is 6.89. The smallest absolute Gasteiger partial charge is 0.326 e. The van der Waals surface area contributed by atoms with Gasteiger partial charge in [0.2, 0.25) is 0 Å². The Hall–Kier alpha value is -1.82. The van der Waals surface area contributed by atoms with Crippen LogP contribution < -0.4 is 5.32 Å². The molecule has 6 heteroatoms. The second-order valence-corrected chi connectivity index (χ2v) is 6.89. The highest BCUT2D eigenvalue weighted by atomic mass is 16.5. The Labute approximate surface area is 137 Å². The summed E-state index contributed by atoms with van der Waals surface area (Å²) in [5.41, 5.74) is 0.0251. The van der Waals surface area contributed by atoms with Crippen molar-refractivity contribution in [2.75, 3.05) is 6.61 Å². The molecule has 130 valence electrons. The van der Waals surface area contributed by atoms with Gasteiger partial charge in [0, 0.05) is 18.9 Å². The summed E-state index contributed by atoms with van der Waals surface area (Å²) in [6.45, 7) is 11.5. The molecule has 0 saturated heterocycles. The van der Waals surface area contributed by atoms with Gasteiger partial charge in [-0.1, -0.05) is 13.8 Å². The number of rotatable bonds is 7. The van der Waals surface area contributed by atoms with Gasteiger partial charge in [-0.05, 0) is 33.8 Å². The van der Waals surface area contributed by atoms with Crippen molar-refractivity contribution in [1.82, 2.24) is 5.32 Å². The van der Waals surface area contributed by atoms with Gasteiger partial charge in [-0.25, -0.2) is 4.79 Å². The summed E-state index contributed by atoms with van der Waals surface area (Å²) in [6, 6.07) is 0.668. The summed E-state index contributed by atoms with van der Waals surface area (Å²) < 4.78 is 11.1. The summed E-state index contributed by atoms with van der Waals surface area (Å²) in [4.78, 5) is 23.6. The van der Waals surface area contributed by atoms with Crippen LogP contribution in [0.5, 0.6) is 0 Å². The van der Waals surface area contributed by atoms with Gasteiger partial charge in [-0.15, -0.1) is 0 Å². The van der Waals surface area contributed by atoms with Crippen molar-refractivity contribution in [3.05, 3.63) is 23.2 Å². The highest BCUT2D eigenvalue weighted by Gasteiger charge is 2.24. The van der Waals surface area contributed by atoms with Crippen molar-refractivity contribution in [3.63, 3.8) is 0 Å². The van der Waals surface area contributed by atoms with Gasteiger partial charge in [-0.2, -0.15) is 0 Å². The summed E-state index contributed by atoms with van der Waals surface area (Å²) >= 11 is 0. The van der Waals surface area contributed by atoms with Crippen molar-refractivity contribution < 1.29 is 23.8 Å². The molecule has 2 N–H and O–H groups in total. The number of furan rings is 1. The van der Waals surface area contributed by atoms with E-state index >= 15 is 0 Å². The van der Waals surface area contributed by atoms with E-state index in [9.17, 15) is 14.7 Å². The van der Waals surface area contributed by atoms with Crippen molar-refractivity contribution in [3.8, 4) is 0 Å². The largest absolute Gasteiger partial charge is 0.480 e. The fraction of sp³-hybridized carbons (Fsp3) is 0.647. The van der Waals surface area contributed by atoms with Gasteiger partial charge in [-0.3, -0.25) is 4.79 Å². The number of ether oxygens (including phenoxy) is 1. The molecular weight excluding hydrogens is 298 g/mol. The van der Waals surface area contributed by atoms with Crippen LogP contribution in [-0.2, 0) is 9.53 Å². The first-order chi connectivity index (χ1) is 10.5. The minimum atomic E-state index is -1.08. The molecule has 0 saturated carbocycles. The predicted octanol–water partition coefficient (Wildman–Crippen LogP) is 3.10. The van der Waals surface area contributed by atoms with Crippen molar-refractivity contribution in [1.29, 1.82) is 0 Å². The zero-order valence-electron chi connectivity index (χ0n) is 14.7. The van der Waals surface area contributed by atoms with Crippen LogP contribution in [0.3, 0.4) is 0 Å². The maximum atomic E-state index is 12.3. The molecule has 1 atom stereocenters. The number of nitrogens with one attached hydrogen (secondary N) is 1. The van der Waals surface area contributed by atoms with Gasteiger partial charge < -0.3 is 19.6 Å². The molecule has 1 rings (SSSR count). The van der Waals surface area contributed by atoms with Crippen molar-refractivity contribution >= 4 is 11.9 Å². The van der Waals surface area contributed by atoms with E-state index < -0.39 is 17.9 Å². The Morgan fingerprint density at radius 3 is 2.39 bits per heavy atom. The molecule has 0 spiro atoms. The standard InChI is InChI=1S/C17H27NO5/c1-10(2)14-9-12(11(3)23-14)15(19)18-13(16(20)21)7-8-22-17(4,5)6/h9-10,13H,7-8H2,1-6H3,(H,18,19)(H,20,21). The lowest BCUT2D eigenvalue weighted by molar-refractivity contribution is -0.140. The third kappa shape index (κ3) is 6.06. The normalized spacial score (nSPS) is 13.2. The minimum Gasteiger partial charge on any atom is -0.480 e. The van der Waals surface area contributed by atoms with Crippen LogP contribution in [0, 0.1) is 6.92 Å². The quantitative estimate of drug-likeness (QED) is 0.804. The van der Waals surface area contributed by atoms with Crippen LogP contribution in [0.25, 0.3) is 0 Å². The molecule has 1 aromatic rings. The molecular formula is C17H27NO5. The van der Waals surface area contributed by atoms with Crippen LogP contribution in [0.1, 0.15) is 68.8 Å². The van der Waals surface area contributed by atoms with Crippen LogP contribution in [-0.4, -0.2) is 35.2 Å². The number of carbonyl (C=O) groups excluding carboxylic acids is 1. The minimum absolute atomic E-state index is 0.158. The number of aliphatic carboxylic acids is 1. The first-order valence-corrected chi connectivity index (χ1v) is 7.79. The second kappa shape index (κ2) is 7.64. The molecule has 0 radical (unpaired) electrons. The number of aryl methyl sites for hydroxylation is 1. The van der Waals surface area contributed by atoms with Gasteiger partial charge in [0.15, 0.2) is 0 Å². The van der Waals surface area contributed by atoms with Gasteiger partial charge >= 0.3 is 5.97 Å². The molecule has 0 fully saturated rings. The van der Waals surface area contributed by atoms with E-state index in [1.807, 2.05) is 34.6 Å². The number of hydrogen-bond acceptors (Lipinski definition) is 4. The predicted molar refractivity (Wildman–Crippen MR) is 86.7 cm³/mol. The average molecular weight is 325 g/mol. The Morgan fingerprint density at radius 2 is 1.96 bits per heavy atom. The lowest BCUT2D eigenvalue weighted by atomic mass is 10.1. The third-order valence-corrected chi connectivity index (χ3v) is 3.30. The molecule has 0 bridgehead atoms. The van der Waals surface area contributed by atoms with Gasteiger partial charge in [0.25, 0.3) is 5.91 Å². The van der Waals surface area contributed by atoms with Crippen LogP contribution >= 0.6 is 0 Å². The highest BCUT2D eigenvalue weighted by Crippen LogP contribution is 2.21. The number of hydrogen-bond donors (Lipinski definition) is 2. The first kappa shape index (κ1) is 19.2. The van der Waals surface area contributed by atoms with Gasteiger partial charge in [0.05, 0.1) is 11.2 Å². The van der Waals surface area contributed by atoms with Crippen molar-refractivity contribution in [2.24, 2.45) is 0 Å². The molecule has 1 amide bonds. The topological polar surface area (TPSA) is 88.8 Å². The van der Waals surface area contributed by atoms with E-state index in [2.05, 4.69) is 5.32 Å². The van der Waals surface area contributed by atoms with E-state index in [1.165, 1.54) is 0 Å². The maximum absolute atomic E-state index is 12.3. The number of amides is 1. The number of carboxylic acid groups (broad SMARTS) is 1. The van der Waals surface area contributed by atoms with Gasteiger partial charge in [0.1, 0.15) is 17.6 Å². The molecule has 1 unspecified atom stereocenters. The molecule has 1 heterocycles. The maximum Gasteiger partial charge on any atom is 0.326 e. The number of carboxylic acids is 1. The lowest BCUT2D eigenvalue weighted by Crippen LogP contribution is -2.42. The van der Waals surface area contributed by atoms with Crippen molar-refractivity contribution in [2.45, 2.75) is 65.5 Å². The molecule has 6 nitrogen and oxygen atoms in total. The third-order valence-electron chi connectivity index (χ3n) is 3.30. The summed E-state index contributed by atoms with van der Waals surface area (Å²) in [6.07, 6.45) is 0.201. The molecule has 0 aliphatic rings. The Kier molecular flexibility index (Phi) is 6.38. The summed E-state index contributed by atoms with van der Waals surface area (Å²) in [5.74, 6) is -0.176. The molecule has 0 aliphatic heterocycles. The molecule has 1 aromatic heterocycles. The number of carbonyl (C=O) groups is 2. The molecule has 0 aromatic carbocycles. The SMILES string of the molecule is Cc1oc(C(C)C)cc1C(=O)NC(CCOC(C)(C)C)C(=O)O. The lowest BCUT2D eigenvalue weighted by Gasteiger charge is -2.21. The Bertz CT molecular complexity index is 554. The van der Waals surface area contributed by atoms with Crippen LogP contribution in [0.2, 0.25) is 0 Å². The Balaban J connectivity index is 2.73. The molecule has 23 heavy (non-hydrogen) atoms. The molecule has 0 aliphatic carbocycles. The van der Waals surface area contributed by atoms with E-state index in [4.69, 9.17) is 9.15 Å². The monoisotopic (exact) mass is 325 g/mol.